The van der Waals surface area contributed by atoms with E-state index in [9.17, 15) is 13.5 Å². The van der Waals surface area contributed by atoms with Gasteiger partial charge in [-0.3, -0.25) is 4.72 Å². The number of sulfonamides is 1. The minimum Gasteiger partial charge on any atom is -0.507 e. The van der Waals surface area contributed by atoms with E-state index in [2.05, 4.69) is 9.62 Å². The van der Waals surface area contributed by atoms with Crippen molar-refractivity contribution in [3.63, 3.8) is 0 Å². The van der Waals surface area contributed by atoms with Crippen LogP contribution in [0.5, 0.6) is 5.75 Å². The zero-order chi connectivity index (χ0) is 18.9. The summed E-state index contributed by atoms with van der Waals surface area (Å²) >= 11 is 0. The molecular weight excluding hydrogens is 352 g/mol. The number of phenols is 1. The molecule has 0 amide bonds. The second kappa shape index (κ2) is 7.17. The van der Waals surface area contributed by atoms with Gasteiger partial charge in [0.1, 0.15) is 10.6 Å². The molecule has 1 aliphatic heterocycles. The van der Waals surface area contributed by atoms with Crippen LogP contribution in [0.4, 0.5) is 11.4 Å². The Balaban J connectivity index is 1.78. The molecule has 0 unspecified atom stereocenters. The lowest BCUT2D eigenvalue weighted by Gasteiger charge is -2.36. The highest BCUT2D eigenvalue weighted by Crippen LogP contribution is 2.27. The average Bonchev–Trinajstić information content (AvgIpc) is 2.56. The molecular formula is C19H24N2O4S. The summed E-state index contributed by atoms with van der Waals surface area (Å²) in [6.45, 7) is 7.45. The number of hydrogen-bond donors (Lipinski definition) is 2. The van der Waals surface area contributed by atoms with Crippen molar-refractivity contribution in [1.82, 2.24) is 0 Å². The van der Waals surface area contributed by atoms with Gasteiger partial charge in [-0.05, 0) is 62.7 Å². The molecule has 2 atom stereocenters. The van der Waals surface area contributed by atoms with Crippen molar-refractivity contribution in [2.75, 3.05) is 22.7 Å². The topological polar surface area (TPSA) is 78.9 Å². The van der Waals surface area contributed by atoms with Gasteiger partial charge in [-0.25, -0.2) is 8.42 Å². The van der Waals surface area contributed by atoms with E-state index < -0.39 is 10.0 Å². The number of hydrogen-bond acceptors (Lipinski definition) is 5. The molecule has 1 fully saturated rings. The lowest BCUT2D eigenvalue weighted by molar-refractivity contribution is -0.00521. The number of aryl methyl sites for hydroxylation is 1. The first-order valence-corrected chi connectivity index (χ1v) is 10.1. The molecule has 1 heterocycles. The minimum absolute atomic E-state index is 0.127. The molecule has 140 valence electrons. The van der Waals surface area contributed by atoms with E-state index in [-0.39, 0.29) is 22.9 Å². The molecule has 2 aromatic carbocycles. The maximum atomic E-state index is 12.5. The maximum Gasteiger partial charge on any atom is 0.265 e. The van der Waals surface area contributed by atoms with Crippen molar-refractivity contribution >= 4 is 21.4 Å². The zero-order valence-corrected chi connectivity index (χ0v) is 16.0. The molecule has 0 saturated carbocycles. The summed E-state index contributed by atoms with van der Waals surface area (Å²) in [4.78, 5) is 2.10. The summed E-state index contributed by atoms with van der Waals surface area (Å²) in [7, 11) is -3.86. The van der Waals surface area contributed by atoms with Gasteiger partial charge in [-0.2, -0.15) is 0 Å². The van der Waals surface area contributed by atoms with E-state index in [4.69, 9.17) is 4.74 Å². The largest absolute Gasteiger partial charge is 0.507 e. The number of morpholine rings is 1. The Morgan fingerprint density at radius 1 is 1.08 bits per heavy atom. The molecule has 0 aliphatic carbocycles. The van der Waals surface area contributed by atoms with Crippen molar-refractivity contribution in [2.45, 2.75) is 37.9 Å². The molecule has 2 aromatic rings. The number of nitrogens with one attached hydrogen (secondary N) is 1. The lowest BCUT2D eigenvalue weighted by atomic mass is 10.2. The third-order valence-corrected chi connectivity index (χ3v) is 5.72. The molecule has 0 bridgehead atoms. The summed E-state index contributed by atoms with van der Waals surface area (Å²) in [5.41, 5.74) is 2.23. The van der Waals surface area contributed by atoms with Gasteiger partial charge in [-0.1, -0.05) is 6.07 Å². The normalized spacial score (nSPS) is 20.8. The number of benzene rings is 2. The van der Waals surface area contributed by atoms with Crippen molar-refractivity contribution < 1.29 is 18.3 Å². The van der Waals surface area contributed by atoms with E-state index in [0.717, 1.165) is 24.3 Å². The summed E-state index contributed by atoms with van der Waals surface area (Å²) in [5.74, 6) is -0.268. The van der Waals surface area contributed by atoms with Crippen LogP contribution < -0.4 is 9.62 Å². The highest BCUT2D eigenvalue weighted by molar-refractivity contribution is 7.92. The van der Waals surface area contributed by atoms with Crippen molar-refractivity contribution in [3.05, 3.63) is 48.0 Å². The predicted octanol–water partition coefficient (Wildman–Crippen LogP) is 3.12. The Hall–Kier alpha value is -2.25. The monoisotopic (exact) mass is 376 g/mol. The fourth-order valence-corrected chi connectivity index (χ4v) is 4.42. The van der Waals surface area contributed by atoms with E-state index in [1.165, 1.54) is 12.1 Å². The van der Waals surface area contributed by atoms with Crippen molar-refractivity contribution in [1.29, 1.82) is 0 Å². The van der Waals surface area contributed by atoms with E-state index in [0.29, 0.717) is 5.69 Å². The van der Waals surface area contributed by atoms with Gasteiger partial charge >= 0.3 is 0 Å². The van der Waals surface area contributed by atoms with Gasteiger partial charge in [0.15, 0.2) is 0 Å². The van der Waals surface area contributed by atoms with Crippen LogP contribution in [0.15, 0.2) is 47.4 Å². The highest BCUT2D eigenvalue weighted by atomic mass is 32.2. The van der Waals surface area contributed by atoms with Crippen LogP contribution in [0.2, 0.25) is 0 Å². The molecule has 0 radical (unpaired) electrons. The van der Waals surface area contributed by atoms with Gasteiger partial charge in [0.05, 0.1) is 12.2 Å². The Morgan fingerprint density at radius 3 is 2.31 bits per heavy atom. The molecule has 2 N–H and O–H groups in total. The lowest BCUT2D eigenvalue weighted by Crippen LogP contribution is -2.45. The number of phenolic OH excluding ortho intramolecular Hbond substituents is 1. The van der Waals surface area contributed by atoms with E-state index in [1.54, 1.807) is 25.1 Å². The van der Waals surface area contributed by atoms with Gasteiger partial charge < -0.3 is 14.7 Å². The maximum absolute atomic E-state index is 12.5. The third-order valence-electron chi connectivity index (χ3n) is 4.31. The fourth-order valence-electron chi connectivity index (χ4n) is 3.18. The van der Waals surface area contributed by atoms with Gasteiger partial charge in [0.2, 0.25) is 0 Å². The van der Waals surface area contributed by atoms with Gasteiger partial charge in [0, 0.05) is 24.5 Å². The summed E-state index contributed by atoms with van der Waals surface area (Å²) in [6.07, 6.45) is 0.308. The Kier molecular flexibility index (Phi) is 5.11. The van der Waals surface area contributed by atoms with Crippen LogP contribution in [0.25, 0.3) is 0 Å². The second-order valence-electron chi connectivity index (χ2n) is 6.79. The molecule has 1 saturated heterocycles. The summed E-state index contributed by atoms with van der Waals surface area (Å²) in [6, 6.07) is 11.7. The van der Waals surface area contributed by atoms with Gasteiger partial charge in [-0.15, -0.1) is 0 Å². The zero-order valence-electron chi connectivity index (χ0n) is 15.1. The molecule has 0 spiro atoms. The quantitative estimate of drug-likeness (QED) is 0.857. The third kappa shape index (κ3) is 4.11. The Bertz CT molecular complexity index is 871. The highest BCUT2D eigenvalue weighted by Gasteiger charge is 2.23. The summed E-state index contributed by atoms with van der Waals surface area (Å²) in [5, 5.41) is 9.87. The van der Waals surface area contributed by atoms with E-state index >= 15 is 0 Å². The van der Waals surface area contributed by atoms with Gasteiger partial charge in [0.25, 0.3) is 10.0 Å². The molecule has 6 nitrogen and oxygen atoms in total. The minimum atomic E-state index is -3.86. The first-order chi connectivity index (χ1) is 12.2. The smallest absolute Gasteiger partial charge is 0.265 e. The van der Waals surface area contributed by atoms with Crippen LogP contribution in [0.3, 0.4) is 0 Å². The van der Waals surface area contributed by atoms with Crippen LogP contribution in [-0.2, 0) is 14.8 Å². The number of ether oxygens (including phenoxy) is 1. The fraction of sp³-hybridized carbons (Fsp3) is 0.368. The number of anilines is 2. The van der Waals surface area contributed by atoms with Crippen LogP contribution in [0, 0.1) is 6.92 Å². The first kappa shape index (κ1) is 18.5. The Morgan fingerprint density at radius 2 is 1.69 bits per heavy atom. The van der Waals surface area contributed by atoms with Crippen LogP contribution in [0.1, 0.15) is 19.4 Å². The summed E-state index contributed by atoms with van der Waals surface area (Å²) < 4.78 is 33.4. The number of nitrogens with zero attached hydrogens (tertiary/aromatic N) is 1. The van der Waals surface area contributed by atoms with Crippen LogP contribution in [-0.4, -0.2) is 38.8 Å². The SMILES string of the molecule is Cc1ccc(O)c(S(=O)(=O)Nc2ccc(N3C[C@@H](C)O[C@H](C)C3)cc2)c1. The molecule has 1 aliphatic rings. The number of aromatic hydroxyl groups is 1. The molecule has 26 heavy (non-hydrogen) atoms. The molecule has 7 heteroatoms. The number of rotatable bonds is 4. The average molecular weight is 376 g/mol. The molecule has 0 aromatic heterocycles. The second-order valence-corrected chi connectivity index (χ2v) is 8.44. The van der Waals surface area contributed by atoms with E-state index in [1.807, 2.05) is 26.0 Å². The Labute approximate surface area is 154 Å². The predicted molar refractivity (Wildman–Crippen MR) is 102 cm³/mol. The van der Waals surface area contributed by atoms with Crippen molar-refractivity contribution in [2.24, 2.45) is 0 Å². The van der Waals surface area contributed by atoms with Crippen molar-refractivity contribution in [3.8, 4) is 5.75 Å². The standard InChI is InChI=1S/C19H24N2O4S/c1-13-4-9-18(22)19(10-13)26(23,24)20-16-5-7-17(8-6-16)21-11-14(2)25-15(3)12-21/h4-10,14-15,20,22H,11-12H2,1-3H3/t14-,15-/m1/s1. The molecule has 3 rings (SSSR count). The van der Waals surface area contributed by atoms with Crippen LogP contribution >= 0.6 is 0 Å². The first-order valence-electron chi connectivity index (χ1n) is 8.57.